The van der Waals surface area contributed by atoms with E-state index in [4.69, 9.17) is 8.83 Å². The lowest BCUT2D eigenvalue weighted by atomic mass is 10.0. The van der Waals surface area contributed by atoms with E-state index in [-0.39, 0.29) is 0 Å². The van der Waals surface area contributed by atoms with Crippen molar-refractivity contribution < 1.29 is 8.83 Å². The number of rotatable bonds is 7. The molecule has 12 rings (SSSR count). The van der Waals surface area contributed by atoms with Crippen LogP contribution >= 0.6 is 0 Å². The fourth-order valence-corrected chi connectivity index (χ4v) is 8.96. The molecule has 5 nitrogen and oxygen atoms in total. The summed E-state index contributed by atoms with van der Waals surface area (Å²) in [6.07, 6.45) is 0. The number of hydrogen-bond donors (Lipinski definition) is 0. The lowest BCUT2D eigenvalue weighted by molar-refractivity contribution is 0.669. The Labute approximate surface area is 339 Å². The first-order chi connectivity index (χ1) is 29.3. The zero-order valence-corrected chi connectivity index (χ0v) is 31.9. The third-order valence-corrected chi connectivity index (χ3v) is 11.5. The lowest BCUT2D eigenvalue weighted by Gasteiger charge is -2.30. The van der Waals surface area contributed by atoms with Gasteiger partial charge in [-0.1, -0.05) is 109 Å². The van der Waals surface area contributed by atoms with E-state index in [1.54, 1.807) is 0 Å². The third kappa shape index (κ3) is 5.33. The van der Waals surface area contributed by atoms with Gasteiger partial charge in [-0.25, -0.2) is 0 Å². The van der Waals surface area contributed by atoms with Gasteiger partial charge in [0.05, 0.1) is 22.4 Å². The van der Waals surface area contributed by atoms with Crippen molar-refractivity contribution in [2.75, 3.05) is 9.80 Å². The molecule has 3 aromatic heterocycles. The summed E-state index contributed by atoms with van der Waals surface area (Å²) in [5.41, 5.74) is 12.8. The van der Waals surface area contributed by atoms with Crippen molar-refractivity contribution in [3.63, 3.8) is 0 Å². The largest absolute Gasteiger partial charge is 0.456 e. The van der Waals surface area contributed by atoms with Crippen LogP contribution in [0.25, 0.3) is 71.4 Å². The Morgan fingerprint density at radius 1 is 0.305 bits per heavy atom. The number of aromatic nitrogens is 1. The van der Waals surface area contributed by atoms with Crippen LogP contribution in [0.2, 0.25) is 0 Å². The quantitative estimate of drug-likeness (QED) is 0.162. The predicted molar refractivity (Wildman–Crippen MR) is 245 cm³/mol. The minimum absolute atomic E-state index is 0.827. The first kappa shape index (κ1) is 33.2. The van der Waals surface area contributed by atoms with E-state index in [2.05, 4.69) is 202 Å². The molecule has 0 aliphatic heterocycles. The second kappa shape index (κ2) is 13.3. The molecule has 0 saturated carbocycles. The maximum Gasteiger partial charge on any atom is 0.137 e. The smallest absolute Gasteiger partial charge is 0.137 e. The van der Waals surface area contributed by atoms with Crippen LogP contribution in [-0.2, 0) is 0 Å². The van der Waals surface area contributed by atoms with E-state index < -0.39 is 0 Å². The fraction of sp³-hybridized carbons (Fsp3) is 0. The zero-order chi connectivity index (χ0) is 38.9. The van der Waals surface area contributed by atoms with Crippen LogP contribution in [0, 0.1) is 0 Å². The standard InChI is InChI=1S/C54H35N3O2/c1-4-16-36(17-5-1)56(37-18-6-2-7-19-37)48-32-41(33-49-54(48)46-24-10-13-25-47(46)57(49)38-20-8-3-9-21-38)55(39-28-30-44-42-22-11-14-26-50(42)58-52(44)34-39)40-29-31-45-43-23-12-15-27-51(43)59-53(45)35-40/h1-35H. The van der Waals surface area contributed by atoms with Gasteiger partial charge in [0, 0.05) is 72.9 Å². The Bertz CT molecular complexity index is 3360. The summed E-state index contributed by atoms with van der Waals surface area (Å²) < 4.78 is 15.5. The van der Waals surface area contributed by atoms with Crippen molar-refractivity contribution in [3.8, 4) is 5.69 Å². The van der Waals surface area contributed by atoms with E-state index in [0.29, 0.717) is 0 Å². The number of para-hydroxylation sites is 6. The van der Waals surface area contributed by atoms with Gasteiger partial charge in [0.2, 0.25) is 0 Å². The molecule has 5 heteroatoms. The molecule has 3 heterocycles. The Kier molecular flexibility index (Phi) is 7.47. The van der Waals surface area contributed by atoms with Crippen LogP contribution in [0.4, 0.5) is 34.1 Å². The maximum atomic E-state index is 6.53. The average molecular weight is 758 g/mol. The van der Waals surface area contributed by atoms with Crippen molar-refractivity contribution in [3.05, 3.63) is 212 Å². The molecular formula is C54H35N3O2. The summed E-state index contributed by atoms with van der Waals surface area (Å²) in [5, 5.41) is 6.68. The number of fused-ring (bicyclic) bond motifs is 9. The molecule has 0 amide bonds. The number of hydrogen-bond acceptors (Lipinski definition) is 4. The van der Waals surface area contributed by atoms with E-state index in [1.165, 1.54) is 5.39 Å². The molecule has 0 saturated heterocycles. The molecule has 0 aliphatic carbocycles. The Balaban J connectivity index is 1.21. The van der Waals surface area contributed by atoms with Crippen molar-refractivity contribution in [1.82, 2.24) is 4.57 Å². The molecule has 0 N–H and O–H groups in total. The molecule has 0 bridgehead atoms. The normalized spacial score (nSPS) is 11.7. The minimum Gasteiger partial charge on any atom is -0.456 e. The van der Waals surface area contributed by atoms with Crippen LogP contribution in [-0.4, -0.2) is 4.57 Å². The van der Waals surface area contributed by atoms with Gasteiger partial charge >= 0.3 is 0 Å². The summed E-state index contributed by atoms with van der Waals surface area (Å²) in [7, 11) is 0. The molecule has 0 spiro atoms. The Hall–Kier alpha value is -8.02. The fourth-order valence-electron chi connectivity index (χ4n) is 8.96. The number of anilines is 6. The first-order valence-corrected chi connectivity index (χ1v) is 19.9. The van der Waals surface area contributed by atoms with E-state index >= 15 is 0 Å². The second-order valence-corrected chi connectivity index (χ2v) is 14.9. The SMILES string of the molecule is c1ccc(N(c2ccccc2)c2cc(N(c3ccc4c(c3)oc3ccccc34)c3ccc4c(c3)oc3ccccc34)cc3c2c2ccccc2n3-c2ccccc2)cc1. The monoisotopic (exact) mass is 757 g/mol. The average Bonchev–Trinajstić information content (AvgIpc) is 3.97. The molecule has 9 aromatic carbocycles. The van der Waals surface area contributed by atoms with E-state index in [1.807, 2.05) is 24.3 Å². The van der Waals surface area contributed by atoms with Gasteiger partial charge in [-0.3, -0.25) is 0 Å². The van der Waals surface area contributed by atoms with Gasteiger partial charge < -0.3 is 23.2 Å². The molecule has 0 fully saturated rings. The highest BCUT2D eigenvalue weighted by molar-refractivity contribution is 6.18. The van der Waals surface area contributed by atoms with Crippen LogP contribution in [0.1, 0.15) is 0 Å². The van der Waals surface area contributed by atoms with E-state index in [9.17, 15) is 0 Å². The van der Waals surface area contributed by atoms with Crippen molar-refractivity contribution in [2.24, 2.45) is 0 Å². The van der Waals surface area contributed by atoms with Gasteiger partial charge in [0.25, 0.3) is 0 Å². The van der Waals surface area contributed by atoms with Gasteiger partial charge in [-0.15, -0.1) is 0 Å². The van der Waals surface area contributed by atoms with Gasteiger partial charge in [-0.2, -0.15) is 0 Å². The number of benzene rings is 9. The Morgan fingerprint density at radius 2 is 0.780 bits per heavy atom. The summed E-state index contributed by atoms with van der Waals surface area (Å²) in [6, 6.07) is 75.0. The minimum atomic E-state index is 0.827. The molecule has 12 aromatic rings. The second-order valence-electron chi connectivity index (χ2n) is 14.9. The molecule has 0 radical (unpaired) electrons. The summed E-state index contributed by atoms with van der Waals surface area (Å²) in [4.78, 5) is 4.72. The van der Waals surface area contributed by atoms with Crippen molar-refractivity contribution in [1.29, 1.82) is 0 Å². The third-order valence-electron chi connectivity index (χ3n) is 11.5. The van der Waals surface area contributed by atoms with E-state index in [0.717, 1.165) is 100 Å². The molecule has 278 valence electrons. The van der Waals surface area contributed by atoms with Crippen molar-refractivity contribution >= 4 is 99.8 Å². The molecule has 59 heavy (non-hydrogen) atoms. The summed E-state index contributed by atoms with van der Waals surface area (Å²) in [5.74, 6) is 0. The zero-order valence-electron chi connectivity index (χ0n) is 31.9. The first-order valence-electron chi connectivity index (χ1n) is 19.9. The van der Waals surface area contributed by atoms with Crippen LogP contribution in [0.5, 0.6) is 0 Å². The predicted octanol–water partition coefficient (Wildman–Crippen LogP) is 15.5. The Morgan fingerprint density at radius 3 is 1.36 bits per heavy atom. The van der Waals surface area contributed by atoms with Gasteiger partial charge in [0.15, 0.2) is 0 Å². The highest BCUT2D eigenvalue weighted by Gasteiger charge is 2.25. The maximum absolute atomic E-state index is 6.53. The highest BCUT2D eigenvalue weighted by Crippen LogP contribution is 2.49. The van der Waals surface area contributed by atoms with Gasteiger partial charge in [-0.05, 0) is 91.0 Å². The molecule has 0 aliphatic rings. The topological polar surface area (TPSA) is 37.7 Å². The molecule has 0 unspecified atom stereocenters. The van der Waals surface area contributed by atoms with Crippen LogP contribution in [0.15, 0.2) is 221 Å². The molecular weight excluding hydrogens is 723 g/mol. The summed E-state index contributed by atoms with van der Waals surface area (Å²) >= 11 is 0. The van der Waals surface area contributed by atoms with Crippen molar-refractivity contribution in [2.45, 2.75) is 0 Å². The number of nitrogens with zero attached hydrogens (tertiary/aromatic N) is 3. The van der Waals surface area contributed by atoms with Crippen LogP contribution < -0.4 is 9.80 Å². The van der Waals surface area contributed by atoms with Gasteiger partial charge in [0.1, 0.15) is 22.3 Å². The summed E-state index contributed by atoms with van der Waals surface area (Å²) in [6.45, 7) is 0. The highest BCUT2D eigenvalue weighted by atomic mass is 16.3. The number of furan rings is 2. The lowest BCUT2D eigenvalue weighted by Crippen LogP contribution is -2.14. The molecule has 0 atom stereocenters. The van der Waals surface area contributed by atoms with Crippen LogP contribution in [0.3, 0.4) is 0 Å².